The number of nitrogens with zero attached hydrogens (tertiary/aromatic N) is 1. The zero-order valence-electron chi connectivity index (χ0n) is 14.8. The third kappa shape index (κ3) is 5.96. The normalized spacial score (nSPS) is 19.2. The van der Waals surface area contributed by atoms with Gasteiger partial charge in [-0.2, -0.15) is 0 Å². The summed E-state index contributed by atoms with van der Waals surface area (Å²) in [6.07, 6.45) is 2.96. The molecule has 1 aliphatic carbocycles. The van der Waals surface area contributed by atoms with Crippen LogP contribution in [0.1, 0.15) is 37.6 Å². The molecule has 140 valence electrons. The minimum absolute atomic E-state index is 0.0991. The Hall–Kier alpha value is -2.74. The van der Waals surface area contributed by atoms with Gasteiger partial charge in [-0.3, -0.25) is 10.1 Å². The molecule has 0 radical (unpaired) electrons. The predicted octanol–water partition coefficient (Wildman–Crippen LogP) is 2.81. The number of carbonyl (C=O) groups excluding carboxylic acids is 2. The minimum atomic E-state index is -0.581. The molecule has 2 atom stereocenters. The lowest BCUT2D eigenvalue weighted by molar-refractivity contribution is -0.384. The van der Waals surface area contributed by atoms with E-state index in [1.54, 1.807) is 32.9 Å². The average molecular weight is 363 g/mol. The second kappa shape index (κ2) is 8.09. The van der Waals surface area contributed by atoms with E-state index in [1.807, 2.05) is 0 Å². The predicted molar refractivity (Wildman–Crippen MR) is 91.6 cm³/mol. The number of carbonyl (C=O) groups is 2. The van der Waals surface area contributed by atoms with Gasteiger partial charge in [-0.05, 0) is 39.0 Å². The standard InChI is InChI=1S/C18H21NO7/c1-18(2,3)26-16(20)11-24-14-8-9-15(10-14)25-17(21)12-4-6-13(7-5-12)19(22)23/h4-9,14-15H,10-11H2,1-3H3. The van der Waals surface area contributed by atoms with Crippen LogP contribution >= 0.6 is 0 Å². The summed E-state index contributed by atoms with van der Waals surface area (Å²) in [5.41, 5.74) is -0.450. The van der Waals surface area contributed by atoms with Gasteiger partial charge in [0, 0.05) is 18.6 Å². The molecule has 8 nitrogen and oxygen atoms in total. The Morgan fingerprint density at radius 2 is 1.77 bits per heavy atom. The largest absolute Gasteiger partial charge is 0.458 e. The smallest absolute Gasteiger partial charge is 0.338 e. The van der Waals surface area contributed by atoms with Crippen LogP contribution in [0.25, 0.3) is 0 Å². The van der Waals surface area contributed by atoms with Crippen LogP contribution in [0.2, 0.25) is 0 Å². The van der Waals surface area contributed by atoms with E-state index >= 15 is 0 Å². The van der Waals surface area contributed by atoms with Crippen molar-refractivity contribution in [3.8, 4) is 0 Å². The molecule has 0 N–H and O–H groups in total. The van der Waals surface area contributed by atoms with Gasteiger partial charge in [0.25, 0.3) is 5.69 Å². The highest BCUT2D eigenvalue weighted by Crippen LogP contribution is 2.20. The van der Waals surface area contributed by atoms with Gasteiger partial charge in [-0.1, -0.05) is 6.08 Å². The second-order valence-corrected chi connectivity index (χ2v) is 6.80. The Morgan fingerprint density at radius 3 is 2.35 bits per heavy atom. The van der Waals surface area contributed by atoms with Crippen molar-refractivity contribution in [1.29, 1.82) is 0 Å². The van der Waals surface area contributed by atoms with E-state index in [0.29, 0.717) is 6.42 Å². The number of ether oxygens (including phenoxy) is 3. The number of non-ortho nitro benzene ring substituents is 1. The molecule has 0 saturated carbocycles. The fourth-order valence-corrected chi connectivity index (χ4v) is 2.32. The highest BCUT2D eigenvalue weighted by molar-refractivity contribution is 5.89. The molecule has 2 unspecified atom stereocenters. The minimum Gasteiger partial charge on any atom is -0.458 e. The van der Waals surface area contributed by atoms with Gasteiger partial charge in [-0.15, -0.1) is 0 Å². The summed E-state index contributed by atoms with van der Waals surface area (Å²) in [4.78, 5) is 33.8. The Labute approximate surface area is 150 Å². The second-order valence-electron chi connectivity index (χ2n) is 6.80. The fraction of sp³-hybridized carbons (Fsp3) is 0.444. The molecule has 0 spiro atoms. The van der Waals surface area contributed by atoms with E-state index in [9.17, 15) is 19.7 Å². The lowest BCUT2D eigenvalue weighted by Crippen LogP contribution is -2.28. The molecular weight excluding hydrogens is 342 g/mol. The molecular formula is C18H21NO7. The van der Waals surface area contributed by atoms with Gasteiger partial charge in [0.2, 0.25) is 0 Å². The molecule has 2 rings (SSSR count). The lowest BCUT2D eigenvalue weighted by Gasteiger charge is -2.20. The van der Waals surface area contributed by atoms with Crippen LogP contribution in [-0.2, 0) is 19.0 Å². The highest BCUT2D eigenvalue weighted by Gasteiger charge is 2.25. The van der Waals surface area contributed by atoms with E-state index in [2.05, 4.69) is 0 Å². The lowest BCUT2D eigenvalue weighted by atomic mass is 10.2. The maximum Gasteiger partial charge on any atom is 0.338 e. The zero-order chi connectivity index (χ0) is 19.3. The van der Waals surface area contributed by atoms with Crippen LogP contribution in [-0.4, -0.2) is 41.3 Å². The Morgan fingerprint density at radius 1 is 1.15 bits per heavy atom. The molecule has 1 aromatic carbocycles. The van der Waals surface area contributed by atoms with Crippen LogP contribution in [0.3, 0.4) is 0 Å². The van der Waals surface area contributed by atoms with Crippen molar-refractivity contribution >= 4 is 17.6 Å². The van der Waals surface area contributed by atoms with Gasteiger partial charge < -0.3 is 14.2 Å². The molecule has 0 amide bonds. The molecule has 0 aliphatic heterocycles. The summed E-state index contributed by atoms with van der Waals surface area (Å²) in [7, 11) is 0. The van der Waals surface area contributed by atoms with E-state index in [0.717, 1.165) is 0 Å². The van der Waals surface area contributed by atoms with Crippen molar-refractivity contribution in [2.45, 2.75) is 45.0 Å². The van der Waals surface area contributed by atoms with Crippen molar-refractivity contribution in [1.82, 2.24) is 0 Å². The monoisotopic (exact) mass is 363 g/mol. The number of hydrogen-bond donors (Lipinski definition) is 0. The summed E-state index contributed by atoms with van der Waals surface area (Å²) in [6.45, 7) is 5.13. The van der Waals surface area contributed by atoms with E-state index in [1.165, 1.54) is 24.3 Å². The molecule has 0 saturated heterocycles. The van der Waals surface area contributed by atoms with Crippen molar-refractivity contribution in [3.63, 3.8) is 0 Å². The molecule has 0 bridgehead atoms. The molecule has 8 heteroatoms. The average Bonchev–Trinajstić information content (AvgIpc) is 2.99. The molecule has 0 fully saturated rings. The van der Waals surface area contributed by atoms with Gasteiger partial charge in [-0.25, -0.2) is 9.59 Å². The van der Waals surface area contributed by atoms with Crippen LogP contribution < -0.4 is 0 Å². The van der Waals surface area contributed by atoms with Crippen molar-refractivity contribution in [2.24, 2.45) is 0 Å². The molecule has 0 aromatic heterocycles. The van der Waals surface area contributed by atoms with Crippen LogP contribution in [0.15, 0.2) is 36.4 Å². The summed E-state index contributed by atoms with van der Waals surface area (Å²) >= 11 is 0. The summed E-state index contributed by atoms with van der Waals surface area (Å²) in [5.74, 6) is -1.04. The summed E-state index contributed by atoms with van der Waals surface area (Å²) < 4.78 is 15.9. The topological polar surface area (TPSA) is 105 Å². The first-order valence-corrected chi connectivity index (χ1v) is 8.11. The Balaban J connectivity index is 1.78. The van der Waals surface area contributed by atoms with Crippen molar-refractivity contribution in [3.05, 3.63) is 52.1 Å². The number of nitro groups is 1. The number of hydrogen-bond acceptors (Lipinski definition) is 7. The molecule has 26 heavy (non-hydrogen) atoms. The van der Waals surface area contributed by atoms with Gasteiger partial charge in [0.15, 0.2) is 0 Å². The first kappa shape index (κ1) is 19.6. The SMILES string of the molecule is CC(C)(C)OC(=O)COC1C=CC(OC(=O)c2ccc([N+](=O)[O-])cc2)C1. The van der Waals surface area contributed by atoms with E-state index in [-0.39, 0.29) is 24.0 Å². The molecule has 0 heterocycles. The van der Waals surface area contributed by atoms with Crippen LogP contribution in [0, 0.1) is 10.1 Å². The van der Waals surface area contributed by atoms with Gasteiger partial charge >= 0.3 is 11.9 Å². The number of esters is 2. The van der Waals surface area contributed by atoms with Gasteiger partial charge in [0.05, 0.1) is 16.6 Å². The van der Waals surface area contributed by atoms with Crippen LogP contribution in [0.5, 0.6) is 0 Å². The summed E-state index contributed by atoms with van der Waals surface area (Å²) in [6, 6.07) is 5.17. The fourth-order valence-electron chi connectivity index (χ4n) is 2.32. The molecule has 1 aliphatic rings. The quantitative estimate of drug-likeness (QED) is 0.331. The maximum atomic E-state index is 12.1. The first-order chi connectivity index (χ1) is 12.1. The first-order valence-electron chi connectivity index (χ1n) is 8.11. The third-order valence-corrected chi connectivity index (χ3v) is 3.41. The van der Waals surface area contributed by atoms with Gasteiger partial charge in [0.1, 0.15) is 18.3 Å². The number of nitro benzene ring substituents is 1. The third-order valence-electron chi connectivity index (χ3n) is 3.41. The highest BCUT2D eigenvalue weighted by atomic mass is 16.6. The Bertz CT molecular complexity index is 703. The van der Waals surface area contributed by atoms with Crippen LogP contribution in [0.4, 0.5) is 5.69 Å². The Kier molecular flexibility index (Phi) is 6.10. The van der Waals surface area contributed by atoms with Crippen molar-refractivity contribution < 1.29 is 28.7 Å². The van der Waals surface area contributed by atoms with Crippen molar-refractivity contribution in [2.75, 3.05) is 6.61 Å². The maximum absolute atomic E-state index is 12.1. The van der Waals surface area contributed by atoms with E-state index < -0.39 is 28.6 Å². The van der Waals surface area contributed by atoms with E-state index in [4.69, 9.17) is 14.2 Å². The summed E-state index contributed by atoms with van der Waals surface area (Å²) in [5, 5.41) is 10.6. The number of benzene rings is 1. The molecule has 1 aromatic rings. The zero-order valence-corrected chi connectivity index (χ0v) is 14.8. The number of rotatable bonds is 6.